The van der Waals surface area contributed by atoms with E-state index in [2.05, 4.69) is 4.90 Å². The first-order valence-electron chi connectivity index (χ1n) is 6.44. The van der Waals surface area contributed by atoms with E-state index in [4.69, 9.17) is 10.2 Å². The molecule has 2 rings (SSSR count). The molecule has 1 aromatic rings. The molecule has 1 aromatic carbocycles. The fourth-order valence-electron chi connectivity index (χ4n) is 2.53. The minimum Gasteiger partial charge on any atom is -0.480 e. The first-order chi connectivity index (χ1) is 9.45. The maximum atomic E-state index is 10.8. The van der Waals surface area contributed by atoms with Gasteiger partial charge in [0.05, 0.1) is 13.1 Å². The van der Waals surface area contributed by atoms with Crippen LogP contribution in [0, 0.1) is 0 Å². The summed E-state index contributed by atoms with van der Waals surface area (Å²) in [7, 11) is 2.03. The van der Waals surface area contributed by atoms with Crippen molar-refractivity contribution < 1.29 is 19.8 Å². The molecule has 2 N–H and O–H groups in total. The van der Waals surface area contributed by atoms with E-state index in [9.17, 15) is 9.59 Å². The number of carboxylic acids is 2. The molecule has 0 fully saturated rings. The monoisotopic (exact) mass is 278 g/mol. The Labute approximate surface area is 117 Å². The van der Waals surface area contributed by atoms with Crippen LogP contribution in [0.25, 0.3) is 0 Å². The summed E-state index contributed by atoms with van der Waals surface area (Å²) in [5.74, 6) is -2.04. The first-order valence-corrected chi connectivity index (χ1v) is 6.44. The van der Waals surface area contributed by atoms with Gasteiger partial charge in [-0.1, -0.05) is 12.1 Å². The minimum absolute atomic E-state index is 0.275. The van der Waals surface area contributed by atoms with E-state index in [0.717, 1.165) is 18.5 Å². The van der Waals surface area contributed by atoms with Crippen LogP contribution in [-0.2, 0) is 22.6 Å². The van der Waals surface area contributed by atoms with Gasteiger partial charge in [-0.25, -0.2) is 0 Å². The Morgan fingerprint density at radius 1 is 1.25 bits per heavy atom. The SMILES string of the molecule is CN1CCc2cc(CN(CC(=O)O)CC(=O)O)ccc21. The van der Waals surface area contributed by atoms with Crippen molar-refractivity contribution in [2.24, 2.45) is 0 Å². The van der Waals surface area contributed by atoms with Gasteiger partial charge in [0, 0.05) is 25.8 Å². The van der Waals surface area contributed by atoms with Crippen LogP contribution < -0.4 is 4.90 Å². The maximum Gasteiger partial charge on any atom is 0.317 e. The van der Waals surface area contributed by atoms with E-state index in [-0.39, 0.29) is 13.1 Å². The van der Waals surface area contributed by atoms with Crippen LogP contribution in [-0.4, -0.2) is 53.7 Å². The summed E-state index contributed by atoms with van der Waals surface area (Å²) < 4.78 is 0. The molecule has 0 unspecified atom stereocenters. The molecule has 0 amide bonds. The second kappa shape index (κ2) is 5.92. The second-order valence-corrected chi connectivity index (χ2v) is 5.07. The van der Waals surface area contributed by atoms with Crippen LogP contribution in [0.3, 0.4) is 0 Å². The highest BCUT2D eigenvalue weighted by molar-refractivity contribution is 5.72. The number of benzene rings is 1. The molecule has 0 saturated heterocycles. The fraction of sp³-hybridized carbons (Fsp3) is 0.429. The molecule has 20 heavy (non-hydrogen) atoms. The van der Waals surface area contributed by atoms with Crippen LogP contribution in [0.15, 0.2) is 18.2 Å². The highest BCUT2D eigenvalue weighted by atomic mass is 16.4. The maximum absolute atomic E-state index is 10.8. The van der Waals surface area contributed by atoms with E-state index in [1.807, 2.05) is 25.2 Å². The predicted octanol–water partition coefficient (Wildman–Crippen LogP) is 0.650. The van der Waals surface area contributed by atoms with Crippen molar-refractivity contribution in [1.82, 2.24) is 4.90 Å². The van der Waals surface area contributed by atoms with Gasteiger partial charge in [0.15, 0.2) is 0 Å². The molecule has 0 atom stereocenters. The van der Waals surface area contributed by atoms with Crippen LogP contribution in [0.1, 0.15) is 11.1 Å². The number of carboxylic acid groups (broad SMARTS) is 2. The van der Waals surface area contributed by atoms with Gasteiger partial charge in [0.1, 0.15) is 0 Å². The molecule has 0 saturated carbocycles. The Balaban J connectivity index is 2.10. The molecule has 0 aromatic heterocycles. The van der Waals surface area contributed by atoms with Gasteiger partial charge in [0.2, 0.25) is 0 Å². The number of hydrogen-bond donors (Lipinski definition) is 2. The van der Waals surface area contributed by atoms with Crippen molar-refractivity contribution in [3.8, 4) is 0 Å². The van der Waals surface area contributed by atoms with E-state index in [1.165, 1.54) is 16.2 Å². The molecule has 0 aliphatic carbocycles. The molecule has 108 valence electrons. The molecule has 1 aliphatic rings. The molecular formula is C14H18N2O4. The lowest BCUT2D eigenvalue weighted by atomic mass is 10.1. The normalized spacial score (nSPS) is 13.6. The average molecular weight is 278 g/mol. The third kappa shape index (κ3) is 3.48. The average Bonchev–Trinajstić information content (AvgIpc) is 2.69. The molecule has 6 nitrogen and oxygen atoms in total. The van der Waals surface area contributed by atoms with Gasteiger partial charge in [0.25, 0.3) is 0 Å². The van der Waals surface area contributed by atoms with Crippen LogP contribution in [0.5, 0.6) is 0 Å². The summed E-state index contributed by atoms with van der Waals surface area (Å²) in [6, 6.07) is 5.98. The van der Waals surface area contributed by atoms with Crippen molar-refractivity contribution in [2.45, 2.75) is 13.0 Å². The highest BCUT2D eigenvalue weighted by Gasteiger charge is 2.18. The lowest BCUT2D eigenvalue weighted by Crippen LogP contribution is -2.33. The van der Waals surface area contributed by atoms with E-state index in [1.54, 1.807) is 0 Å². The third-order valence-electron chi connectivity index (χ3n) is 3.40. The topological polar surface area (TPSA) is 81.1 Å². The summed E-state index contributed by atoms with van der Waals surface area (Å²) >= 11 is 0. The van der Waals surface area contributed by atoms with Crippen LogP contribution in [0.4, 0.5) is 5.69 Å². The Hall–Kier alpha value is -2.08. The number of aliphatic carboxylic acids is 2. The van der Waals surface area contributed by atoms with Crippen molar-refractivity contribution in [3.63, 3.8) is 0 Å². The molecule has 6 heteroatoms. The summed E-state index contributed by atoms with van der Waals surface area (Å²) in [4.78, 5) is 25.1. The number of hydrogen-bond acceptors (Lipinski definition) is 4. The first kappa shape index (κ1) is 14.3. The fourth-order valence-corrected chi connectivity index (χ4v) is 2.53. The smallest absolute Gasteiger partial charge is 0.317 e. The van der Waals surface area contributed by atoms with Gasteiger partial charge in [-0.2, -0.15) is 0 Å². The number of carbonyl (C=O) groups is 2. The van der Waals surface area contributed by atoms with E-state index in [0.29, 0.717) is 6.54 Å². The summed E-state index contributed by atoms with van der Waals surface area (Å²) in [6.45, 7) is 0.759. The number of anilines is 1. The minimum atomic E-state index is -1.02. The lowest BCUT2D eigenvalue weighted by molar-refractivity contribution is -0.142. The van der Waals surface area contributed by atoms with Gasteiger partial charge < -0.3 is 15.1 Å². The molecule has 1 heterocycles. The Morgan fingerprint density at radius 3 is 2.50 bits per heavy atom. The third-order valence-corrected chi connectivity index (χ3v) is 3.40. The summed E-state index contributed by atoms with van der Waals surface area (Å²) in [5.41, 5.74) is 3.37. The predicted molar refractivity (Wildman–Crippen MR) is 74.0 cm³/mol. The lowest BCUT2D eigenvalue weighted by Gasteiger charge is -2.19. The number of rotatable bonds is 6. The van der Waals surface area contributed by atoms with Gasteiger partial charge in [-0.3, -0.25) is 14.5 Å². The van der Waals surface area contributed by atoms with Crippen LogP contribution in [0.2, 0.25) is 0 Å². The zero-order chi connectivity index (χ0) is 14.7. The van der Waals surface area contributed by atoms with E-state index < -0.39 is 11.9 Å². The standard InChI is InChI=1S/C14H18N2O4/c1-15-5-4-11-6-10(2-3-12(11)15)7-16(8-13(17)18)9-14(19)20/h2-3,6H,4-5,7-9H2,1H3,(H,17,18)(H,19,20). The van der Waals surface area contributed by atoms with Crippen molar-refractivity contribution in [3.05, 3.63) is 29.3 Å². The molecule has 0 bridgehead atoms. The Bertz CT molecular complexity index is 514. The van der Waals surface area contributed by atoms with Gasteiger partial charge >= 0.3 is 11.9 Å². The Morgan fingerprint density at radius 2 is 1.90 bits per heavy atom. The van der Waals surface area contributed by atoms with Gasteiger partial charge in [-0.15, -0.1) is 0 Å². The molecule has 0 spiro atoms. The number of likely N-dealkylation sites (N-methyl/N-ethyl adjacent to an activating group) is 1. The summed E-state index contributed by atoms with van der Waals surface area (Å²) in [5, 5.41) is 17.6. The zero-order valence-electron chi connectivity index (χ0n) is 11.4. The summed E-state index contributed by atoms with van der Waals surface area (Å²) in [6.07, 6.45) is 0.970. The highest BCUT2D eigenvalue weighted by Crippen LogP contribution is 2.27. The van der Waals surface area contributed by atoms with E-state index >= 15 is 0 Å². The number of nitrogens with zero attached hydrogens (tertiary/aromatic N) is 2. The largest absolute Gasteiger partial charge is 0.480 e. The van der Waals surface area contributed by atoms with Crippen molar-refractivity contribution in [2.75, 3.05) is 31.6 Å². The quantitative estimate of drug-likeness (QED) is 0.795. The van der Waals surface area contributed by atoms with Crippen molar-refractivity contribution >= 4 is 17.6 Å². The second-order valence-electron chi connectivity index (χ2n) is 5.07. The molecule has 0 radical (unpaired) electrons. The number of fused-ring (bicyclic) bond motifs is 1. The molecule has 1 aliphatic heterocycles. The Kier molecular flexibility index (Phi) is 4.24. The zero-order valence-corrected chi connectivity index (χ0v) is 11.4. The van der Waals surface area contributed by atoms with Crippen molar-refractivity contribution in [1.29, 1.82) is 0 Å². The van der Waals surface area contributed by atoms with Gasteiger partial charge in [-0.05, 0) is 23.6 Å². The molecular weight excluding hydrogens is 260 g/mol. The van der Waals surface area contributed by atoms with Crippen LogP contribution >= 0.6 is 0 Å².